The molecule has 1 saturated heterocycles. The summed E-state index contributed by atoms with van der Waals surface area (Å²) in [7, 11) is 0. The lowest BCUT2D eigenvalue weighted by atomic mass is 10.0. The van der Waals surface area contributed by atoms with Gasteiger partial charge in [0.25, 0.3) is 6.01 Å². The number of hydrogen-bond donors (Lipinski definition) is 1. The van der Waals surface area contributed by atoms with Gasteiger partial charge in [0.05, 0.1) is 23.9 Å². The van der Waals surface area contributed by atoms with E-state index in [4.69, 9.17) is 14.5 Å². The van der Waals surface area contributed by atoms with E-state index in [2.05, 4.69) is 78.4 Å². The Kier molecular flexibility index (Phi) is 4.97. The highest BCUT2D eigenvalue weighted by Gasteiger charge is 2.21. The maximum Gasteiger partial charge on any atom is 0.296 e. The molecule has 0 radical (unpaired) electrons. The van der Waals surface area contributed by atoms with Gasteiger partial charge in [-0.15, -0.1) is 0 Å². The van der Waals surface area contributed by atoms with Crippen molar-refractivity contribution in [2.75, 3.05) is 6.61 Å². The van der Waals surface area contributed by atoms with Gasteiger partial charge in [0, 0.05) is 5.56 Å². The Balaban J connectivity index is 1.40. The van der Waals surface area contributed by atoms with Crippen LogP contribution in [0.5, 0.6) is 6.01 Å². The molecule has 152 valence electrons. The average molecular weight is 399 g/mol. The molecule has 5 heteroatoms. The second-order valence-electron chi connectivity index (χ2n) is 7.97. The quantitative estimate of drug-likeness (QED) is 0.489. The highest BCUT2D eigenvalue weighted by Crippen LogP contribution is 2.28. The summed E-state index contributed by atoms with van der Waals surface area (Å²) in [4.78, 5) is 12.6. The van der Waals surface area contributed by atoms with Crippen molar-refractivity contribution in [1.29, 1.82) is 0 Å². The molecule has 2 atom stereocenters. The predicted molar refractivity (Wildman–Crippen MR) is 119 cm³/mol. The Morgan fingerprint density at radius 2 is 1.67 bits per heavy atom. The average Bonchev–Trinajstić information content (AvgIpc) is 3.16. The summed E-state index contributed by atoms with van der Waals surface area (Å²) in [6, 6.07) is 21.5. The first-order valence-corrected chi connectivity index (χ1v) is 10.5. The first-order chi connectivity index (χ1) is 14.7. The van der Waals surface area contributed by atoms with E-state index in [0.717, 1.165) is 35.2 Å². The molecule has 5 nitrogen and oxygen atoms in total. The molecule has 2 aromatic heterocycles. The first kappa shape index (κ1) is 18.8. The molecular weight excluding hydrogens is 374 g/mol. The molecule has 2 aromatic carbocycles. The number of aryl methyl sites for hydroxylation is 1. The third-order valence-corrected chi connectivity index (χ3v) is 5.65. The fourth-order valence-electron chi connectivity index (χ4n) is 3.93. The Morgan fingerprint density at radius 3 is 2.40 bits per heavy atom. The van der Waals surface area contributed by atoms with Crippen LogP contribution in [0, 0.1) is 6.92 Å². The molecule has 1 N–H and O–H groups in total. The molecule has 30 heavy (non-hydrogen) atoms. The lowest BCUT2D eigenvalue weighted by Gasteiger charge is -2.26. The third-order valence-electron chi connectivity index (χ3n) is 5.65. The molecule has 1 fully saturated rings. The molecule has 4 aromatic rings. The van der Waals surface area contributed by atoms with Crippen LogP contribution < -0.4 is 4.74 Å². The molecule has 5 rings (SSSR count). The van der Waals surface area contributed by atoms with Crippen molar-refractivity contribution < 1.29 is 9.47 Å². The maximum atomic E-state index is 6.01. The number of rotatable bonds is 4. The summed E-state index contributed by atoms with van der Waals surface area (Å²) >= 11 is 0. The maximum absolute atomic E-state index is 6.01. The highest BCUT2D eigenvalue weighted by molar-refractivity contribution is 5.79. The standard InChI is InChI=1S/C25H25N3O2/c1-16-14-22-24(28-25(26-22)30-21-13-8-17(2)29-15-21)27-23(16)20-11-9-19(10-12-20)18-6-4-3-5-7-18/h3-7,9-12,14,17,21H,8,13,15H2,1-2H3,(H,26,27,28). The van der Waals surface area contributed by atoms with Crippen molar-refractivity contribution in [2.45, 2.75) is 38.9 Å². The van der Waals surface area contributed by atoms with Crippen LogP contribution in [-0.2, 0) is 4.74 Å². The van der Waals surface area contributed by atoms with Gasteiger partial charge < -0.3 is 14.5 Å². The topological polar surface area (TPSA) is 60.0 Å². The van der Waals surface area contributed by atoms with Crippen LogP contribution in [0.1, 0.15) is 25.3 Å². The zero-order chi connectivity index (χ0) is 20.5. The number of nitrogens with one attached hydrogen (secondary N) is 1. The number of hydrogen-bond acceptors (Lipinski definition) is 4. The number of pyridine rings is 1. The van der Waals surface area contributed by atoms with Crippen molar-refractivity contribution in [1.82, 2.24) is 15.0 Å². The summed E-state index contributed by atoms with van der Waals surface area (Å²) in [6.45, 7) is 4.77. The van der Waals surface area contributed by atoms with E-state index in [1.165, 1.54) is 11.1 Å². The Morgan fingerprint density at radius 1 is 0.933 bits per heavy atom. The number of fused-ring (bicyclic) bond motifs is 1. The minimum absolute atomic E-state index is 0.0351. The fraction of sp³-hybridized carbons (Fsp3) is 0.280. The molecule has 1 aliphatic rings. The van der Waals surface area contributed by atoms with E-state index in [1.54, 1.807) is 0 Å². The first-order valence-electron chi connectivity index (χ1n) is 10.5. The van der Waals surface area contributed by atoms with E-state index in [9.17, 15) is 0 Å². The molecule has 0 bridgehead atoms. The normalized spacial score (nSPS) is 19.1. The number of aromatic amines is 1. The van der Waals surface area contributed by atoms with Gasteiger partial charge in [0.2, 0.25) is 0 Å². The summed E-state index contributed by atoms with van der Waals surface area (Å²) in [6.07, 6.45) is 2.32. The molecular formula is C25H25N3O2. The van der Waals surface area contributed by atoms with Crippen LogP contribution in [0.25, 0.3) is 33.5 Å². The number of aromatic nitrogens is 3. The smallest absolute Gasteiger partial charge is 0.296 e. The van der Waals surface area contributed by atoms with E-state index in [-0.39, 0.29) is 6.10 Å². The Labute approximate surface area is 176 Å². The molecule has 0 spiro atoms. The van der Waals surface area contributed by atoms with Crippen molar-refractivity contribution in [2.24, 2.45) is 0 Å². The lowest BCUT2D eigenvalue weighted by molar-refractivity contribution is -0.0397. The zero-order valence-electron chi connectivity index (χ0n) is 17.3. The molecule has 3 heterocycles. The summed E-state index contributed by atoms with van der Waals surface area (Å²) < 4.78 is 11.7. The Hall–Kier alpha value is -3.18. The predicted octanol–water partition coefficient (Wildman–Crippen LogP) is 5.55. The summed E-state index contributed by atoms with van der Waals surface area (Å²) in [5.41, 5.74) is 7.07. The fourth-order valence-corrected chi connectivity index (χ4v) is 3.93. The SMILES string of the molecule is Cc1cc2[nH]c(OC3CCC(C)OC3)nc2nc1-c1ccc(-c2ccccc2)cc1. The van der Waals surface area contributed by atoms with Crippen LogP contribution >= 0.6 is 0 Å². The van der Waals surface area contributed by atoms with Crippen LogP contribution in [0.4, 0.5) is 0 Å². The van der Waals surface area contributed by atoms with E-state index >= 15 is 0 Å². The minimum Gasteiger partial charge on any atom is -0.459 e. The summed E-state index contributed by atoms with van der Waals surface area (Å²) in [5.74, 6) is 0. The zero-order valence-corrected chi connectivity index (χ0v) is 17.3. The largest absolute Gasteiger partial charge is 0.459 e. The van der Waals surface area contributed by atoms with Gasteiger partial charge in [-0.3, -0.25) is 0 Å². The van der Waals surface area contributed by atoms with E-state index < -0.39 is 0 Å². The minimum atomic E-state index is 0.0351. The van der Waals surface area contributed by atoms with Gasteiger partial charge in [-0.05, 0) is 49.4 Å². The number of benzene rings is 2. The van der Waals surface area contributed by atoms with Crippen molar-refractivity contribution >= 4 is 11.2 Å². The summed E-state index contributed by atoms with van der Waals surface area (Å²) in [5, 5.41) is 0. The number of H-pyrrole nitrogens is 1. The van der Waals surface area contributed by atoms with Gasteiger partial charge in [0.1, 0.15) is 6.10 Å². The third kappa shape index (κ3) is 3.81. The molecule has 2 unspecified atom stereocenters. The van der Waals surface area contributed by atoms with E-state index in [1.807, 2.05) is 6.07 Å². The van der Waals surface area contributed by atoms with E-state index in [0.29, 0.717) is 24.4 Å². The monoisotopic (exact) mass is 399 g/mol. The van der Waals surface area contributed by atoms with Crippen molar-refractivity contribution in [3.63, 3.8) is 0 Å². The molecule has 0 aliphatic carbocycles. The van der Waals surface area contributed by atoms with Gasteiger partial charge in [-0.25, -0.2) is 4.98 Å². The van der Waals surface area contributed by atoms with Crippen LogP contribution in [0.3, 0.4) is 0 Å². The molecule has 1 aliphatic heterocycles. The van der Waals surface area contributed by atoms with Crippen molar-refractivity contribution in [3.05, 3.63) is 66.2 Å². The molecule has 0 amide bonds. The van der Waals surface area contributed by atoms with Gasteiger partial charge >= 0.3 is 0 Å². The highest BCUT2D eigenvalue weighted by atomic mass is 16.5. The Bertz CT molecular complexity index is 1140. The van der Waals surface area contributed by atoms with Gasteiger partial charge in [-0.1, -0.05) is 54.6 Å². The number of nitrogens with zero attached hydrogens (tertiary/aromatic N) is 2. The van der Waals surface area contributed by atoms with Gasteiger partial charge in [0.15, 0.2) is 5.65 Å². The second kappa shape index (κ2) is 7.92. The molecule has 0 saturated carbocycles. The van der Waals surface area contributed by atoms with Crippen LogP contribution in [0.15, 0.2) is 60.7 Å². The van der Waals surface area contributed by atoms with Crippen molar-refractivity contribution in [3.8, 4) is 28.4 Å². The number of imidazole rings is 1. The van der Waals surface area contributed by atoms with Crippen LogP contribution in [-0.4, -0.2) is 33.8 Å². The lowest BCUT2D eigenvalue weighted by Crippen LogP contribution is -2.32. The van der Waals surface area contributed by atoms with Crippen LogP contribution in [0.2, 0.25) is 0 Å². The second-order valence-corrected chi connectivity index (χ2v) is 7.97. The van der Waals surface area contributed by atoms with Gasteiger partial charge in [-0.2, -0.15) is 4.98 Å². The number of ether oxygens (including phenoxy) is 2.